The van der Waals surface area contributed by atoms with E-state index in [1.807, 2.05) is 0 Å². The molecule has 0 saturated heterocycles. The van der Waals surface area contributed by atoms with Crippen molar-refractivity contribution in [3.05, 3.63) is 75.6 Å². The van der Waals surface area contributed by atoms with Crippen LogP contribution >= 0.6 is 12.2 Å². The van der Waals surface area contributed by atoms with Crippen LogP contribution in [0.3, 0.4) is 0 Å². The molecule has 12 heteroatoms. The van der Waals surface area contributed by atoms with E-state index in [0.717, 1.165) is 18.2 Å². The molecular weight excluding hydrogens is 435 g/mol. The Morgan fingerprint density at radius 2 is 1.87 bits per heavy atom. The van der Waals surface area contributed by atoms with E-state index in [-0.39, 0.29) is 10.7 Å². The van der Waals surface area contributed by atoms with E-state index in [1.165, 1.54) is 14.0 Å². The summed E-state index contributed by atoms with van der Waals surface area (Å²) in [6, 6.07) is 10.9. The van der Waals surface area contributed by atoms with Crippen molar-refractivity contribution < 1.29 is 22.5 Å². The highest BCUT2D eigenvalue weighted by molar-refractivity contribution is 7.89. The Balaban J connectivity index is 2.40. The molecule has 1 amide bonds. The predicted octanol–water partition coefficient (Wildman–Crippen LogP) is 1.80. The molecule has 0 aliphatic heterocycles. The van der Waals surface area contributed by atoms with Gasteiger partial charge in [-0.05, 0) is 44.4 Å². The molecule has 1 atom stereocenters. The third-order valence-electron chi connectivity index (χ3n) is 4.20. The number of hydrogen-bond donors (Lipinski definition) is 3. The van der Waals surface area contributed by atoms with E-state index in [4.69, 9.17) is 12.2 Å². The van der Waals surface area contributed by atoms with Crippen molar-refractivity contribution in [1.82, 2.24) is 15.4 Å². The Bertz CT molecular complexity index is 1080. The summed E-state index contributed by atoms with van der Waals surface area (Å²) in [5, 5.41) is 15.8. The number of nitrogens with one attached hydrogen (secondary N) is 3. The van der Waals surface area contributed by atoms with Crippen LogP contribution in [0.15, 0.2) is 48.5 Å². The number of rotatable bonds is 7. The number of amides is 1. The van der Waals surface area contributed by atoms with E-state index >= 15 is 0 Å². The highest BCUT2D eigenvalue weighted by Crippen LogP contribution is 2.29. The predicted molar refractivity (Wildman–Crippen MR) is 113 cm³/mol. The van der Waals surface area contributed by atoms with Crippen LogP contribution in [0, 0.1) is 15.9 Å². The molecule has 9 nitrogen and oxygen atoms in total. The maximum atomic E-state index is 14.6. The number of carbonyl (C=O) groups is 1. The minimum Gasteiger partial charge on any atom is -0.352 e. The van der Waals surface area contributed by atoms with Crippen molar-refractivity contribution in [3.8, 4) is 0 Å². The summed E-state index contributed by atoms with van der Waals surface area (Å²) in [5.74, 6) is -2.15. The fraction of sp³-hybridized carbons (Fsp3) is 0.222. The molecule has 160 valence electrons. The van der Waals surface area contributed by atoms with Crippen molar-refractivity contribution in [1.29, 1.82) is 0 Å². The van der Waals surface area contributed by atoms with Gasteiger partial charge in [0.15, 0.2) is 5.11 Å². The highest BCUT2D eigenvalue weighted by Gasteiger charge is 2.36. The van der Waals surface area contributed by atoms with Crippen LogP contribution in [0.25, 0.3) is 0 Å². The summed E-state index contributed by atoms with van der Waals surface area (Å²) in [6.07, 6.45) is 0. The fourth-order valence-electron chi connectivity index (χ4n) is 2.73. The number of thiocarbonyl (C=S) groups is 1. The normalized spacial score (nSPS) is 13.2. The van der Waals surface area contributed by atoms with Gasteiger partial charge >= 0.3 is 0 Å². The van der Waals surface area contributed by atoms with Crippen LogP contribution in [0.4, 0.5) is 10.1 Å². The molecule has 2 aromatic carbocycles. The standard InChI is InChI=1S/C18H19FN4O5S2/c1-18(11-30(27,28)20-2,14-10-13(23(25)26)8-9-15(14)19)22-17(29)21-16(24)12-6-4-3-5-7-12/h3-10,20H,11H2,1-2H3,(H2,21,22,24,29)/t18-/m0/s1. The summed E-state index contributed by atoms with van der Waals surface area (Å²) < 4.78 is 41.1. The zero-order chi connectivity index (χ0) is 22.5. The molecular formula is C18H19FN4O5S2. The summed E-state index contributed by atoms with van der Waals surface area (Å²) in [5.41, 5.74) is -2.17. The largest absolute Gasteiger partial charge is 0.352 e. The maximum absolute atomic E-state index is 14.6. The molecule has 2 rings (SSSR count). The summed E-state index contributed by atoms with van der Waals surface area (Å²) in [7, 11) is -2.75. The van der Waals surface area contributed by atoms with Crippen molar-refractivity contribution in [3.63, 3.8) is 0 Å². The molecule has 0 aliphatic rings. The number of benzene rings is 2. The van der Waals surface area contributed by atoms with Crippen molar-refractivity contribution in [2.45, 2.75) is 12.5 Å². The summed E-state index contributed by atoms with van der Waals surface area (Å²) in [6.45, 7) is 1.31. The molecule has 0 heterocycles. The lowest BCUT2D eigenvalue weighted by Crippen LogP contribution is -2.54. The first-order valence-corrected chi connectivity index (χ1v) is 10.6. The molecule has 2 aromatic rings. The van der Waals surface area contributed by atoms with Gasteiger partial charge in [-0.15, -0.1) is 0 Å². The lowest BCUT2D eigenvalue weighted by atomic mass is 9.93. The van der Waals surface area contributed by atoms with E-state index in [2.05, 4.69) is 15.4 Å². The number of nitro benzene ring substituents is 1. The van der Waals surface area contributed by atoms with Gasteiger partial charge in [0.1, 0.15) is 5.82 Å². The molecule has 0 fully saturated rings. The number of carbonyl (C=O) groups excluding carboxylic acids is 1. The van der Waals surface area contributed by atoms with Crippen LogP contribution in [-0.2, 0) is 15.6 Å². The average molecular weight is 455 g/mol. The molecule has 0 radical (unpaired) electrons. The highest BCUT2D eigenvalue weighted by atomic mass is 32.2. The Kier molecular flexibility index (Phi) is 7.18. The van der Waals surface area contributed by atoms with E-state index in [1.54, 1.807) is 30.3 Å². The molecule has 0 aromatic heterocycles. The average Bonchev–Trinajstić information content (AvgIpc) is 2.68. The molecule has 0 unspecified atom stereocenters. The molecule has 0 spiro atoms. The van der Waals surface area contributed by atoms with Crippen LogP contribution in [-0.4, -0.2) is 37.2 Å². The second-order valence-electron chi connectivity index (χ2n) is 6.49. The minimum absolute atomic E-state index is 0.274. The monoisotopic (exact) mass is 454 g/mol. The van der Waals surface area contributed by atoms with Gasteiger partial charge in [-0.25, -0.2) is 17.5 Å². The van der Waals surface area contributed by atoms with Gasteiger partial charge in [0.25, 0.3) is 11.6 Å². The summed E-state index contributed by atoms with van der Waals surface area (Å²) in [4.78, 5) is 22.7. The van der Waals surface area contributed by atoms with Crippen molar-refractivity contribution in [2.75, 3.05) is 12.8 Å². The molecule has 0 saturated carbocycles. The van der Waals surface area contributed by atoms with Gasteiger partial charge in [-0.2, -0.15) is 0 Å². The van der Waals surface area contributed by atoms with Gasteiger partial charge in [0, 0.05) is 23.3 Å². The van der Waals surface area contributed by atoms with Crippen molar-refractivity contribution >= 4 is 38.9 Å². The van der Waals surface area contributed by atoms with Crippen LogP contribution < -0.4 is 15.4 Å². The zero-order valence-electron chi connectivity index (χ0n) is 16.0. The summed E-state index contributed by atoms with van der Waals surface area (Å²) >= 11 is 5.12. The number of nitro groups is 1. The topological polar surface area (TPSA) is 130 Å². The Hall–Kier alpha value is -2.96. The quantitative estimate of drug-likeness (QED) is 0.330. The molecule has 3 N–H and O–H groups in total. The molecule has 30 heavy (non-hydrogen) atoms. The number of hydrogen-bond acceptors (Lipinski definition) is 6. The number of nitrogens with zero attached hydrogens (tertiary/aromatic N) is 1. The third-order valence-corrected chi connectivity index (χ3v) is 5.98. The number of sulfonamides is 1. The Labute approximate surface area is 177 Å². The van der Waals surface area contributed by atoms with Crippen LogP contribution in [0.5, 0.6) is 0 Å². The van der Waals surface area contributed by atoms with E-state index in [0.29, 0.717) is 5.56 Å². The van der Waals surface area contributed by atoms with E-state index < -0.39 is 43.7 Å². The van der Waals surface area contributed by atoms with Crippen LogP contribution in [0.2, 0.25) is 0 Å². The second kappa shape index (κ2) is 9.24. The first kappa shape index (κ1) is 23.3. The first-order chi connectivity index (χ1) is 14.0. The second-order valence-corrected chi connectivity index (χ2v) is 8.83. The number of non-ortho nitro benzene ring substituents is 1. The zero-order valence-corrected chi connectivity index (χ0v) is 17.6. The lowest BCUT2D eigenvalue weighted by molar-refractivity contribution is -0.385. The van der Waals surface area contributed by atoms with Gasteiger partial charge in [-0.1, -0.05) is 18.2 Å². The van der Waals surface area contributed by atoms with Crippen LogP contribution in [0.1, 0.15) is 22.8 Å². The van der Waals surface area contributed by atoms with Gasteiger partial charge in [0.2, 0.25) is 10.0 Å². The van der Waals surface area contributed by atoms with E-state index in [9.17, 15) is 27.7 Å². The molecule has 0 bridgehead atoms. The molecule has 0 aliphatic carbocycles. The van der Waals surface area contributed by atoms with Crippen molar-refractivity contribution in [2.24, 2.45) is 0 Å². The smallest absolute Gasteiger partial charge is 0.269 e. The van der Waals surface area contributed by atoms with Gasteiger partial charge < -0.3 is 5.32 Å². The first-order valence-electron chi connectivity index (χ1n) is 8.51. The lowest BCUT2D eigenvalue weighted by Gasteiger charge is -2.32. The van der Waals surface area contributed by atoms with Gasteiger partial charge in [0.05, 0.1) is 16.2 Å². The Morgan fingerprint density at radius 1 is 1.23 bits per heavy atom. The SMILES string of the molecule is CNS(=O)(=O)C[C@](C)(NC(=S)NC(=O)c1ccccc1)c1cc([N+](=O)[O-])ccc1F. The minimum atomic E-state index is -3.92. The number of halogens is 1. The fourth-order valence-corrected chi connectivity index (χ4v) is 4.18. The third kappa shape index (κ3) is 5.78. The van der Waals surface area contributed by atoms with Gasteiger partial charge in [-0.3, -0.25) is 20.2 Å². The Morgan fingerprint density at radius 3 is 2.43 bits per heavy atom. The maximum Gasteiger partial charge on any atom is 0.269 e.